The Morgan fingerprint density at radius 3 is 2.52 bits per heavy atom. The average Bonchev–Trinajstić information content (AvgIpc) is 2.35. The van der Waals surface area contributed by atoms with E-state index in [1.807, 2.05) is 36.2 Å². The number of carbonyl (C=O) groups is 1. The molecule has 0 spiro atoms. The van der Waals surface area contributed by atoms with Gasteiger partial charge in [-0.2, -0.15) is 0 Å². The van der Waals surface area contributed by atoms with Crippen molar-refractivity contribution in [3.05, 3.63) is 29.8 Å². The normalized spacial score (nSPS) is 13.3. The van der Waals surface area contributed by atoms with Gasteiger partial charge in [0.05, 0.1) is 12.6 Å². The molecule has 0 radical (unpaired) electrons. The number of carbonyl (C=O) groups excluding carboxylic acids is 1. The number of rotatable bonds is 6. The fourth-order valence-electron chi connectivity index (χ4n) is 2.17. The van der Waals surface area contributed by atoms with Crippen molar-refractivity contribution in [3.63, 3.8) is 0 Å². The summed E-state index contributed by atoms with van der Waals surface area (Å²) in [5.41, 5.74) is 1.99. The van der Waals surface area contributed by atoms with Crippen molar-refractivity contribution in [2.45, 2.75) is 45.6 Å². The highest BCUT2D eigenvalue weighted by atomic mass is 16.3. The predicted octanol–water partition coefficient (Wildman–Crippen LogP) is 2.63. The van der Waals surface area contributed by atoms with Gasteiger partial charge in [0.15, 0.2) is 0 Å². The lowest BCUT2D eigenvalue weighted by molar-refractivity contribution is -0.117. The van der Waals surface area contributed by atoms with Crippen molar-refractivity contribution in [1.29, 1.82) is 0 Å². The van der Waals surface area contributed by atoms with Gasteiger partial charge < -0.3 is 10.4 Å². The Labute approximate surface area is 128 Å². The minimum Gasteiger partial charge on any atom is -0.393 e. The van der Waals surface area contributed by atoms with Gasteiger partial charge in [-0.15, -0.1) is 0 Å². The third kappa shape index (κ3) is 6.27. The highest BCUT2D eigenvalue weighted by molar-refractivity contribution is 5.93. The monoisotopic (exact) mass is 292 g/mol. The molecule has 1 aromatic rings. The van der Waals surface area contributed by atoms with E-state index in [1.54, 1.807) is 6.92 Å². The van der Waals surface area contributed by atoms with Crippen LogP contribution >= 0.6 is 0 Å². The molecule has 4 heteroatoms. The first-order valence-corrected chi connectivity index (χ1v) is 7.46. The molecule has 0 saturated carbocycles. The molecular formula is C17H28N2O2. The van der Waals surface area contributed by atoms with Crippen molar-refractivity contribution in [3.8, 4) is 0 Å². The Bertz CT molecular complexity index is 464. The van der Waals surface area contributed by atoms with E-state index in [9.17, 15) is 9.90 Å². The molecule has 4 nitrogen and oxygen atoms in total. The van der Waals surface area contributed by atoms with Crippen molar-refractivity contribution in [1.82, 2.24) is 4.90 Å². The van der Waals surface area contributed by atoms with E-state index in [0.717, 1.165) is 11.3 Å². The molecule has 0 heterocycles. The number of anilines is 1. The highest BCUT2D eigenvalue weighted by Gasteiger charge is 2.18. The zero-order valence-electron chi connectivity index (χ0n) is 13.8. The summed E-state index contributed by atoms with van der Waals surface area (Å²) >= 11 is 0. The van der Waals surface area contributed by atoms with E-state index in [-0.39, 0.29) is 17.4 Å². The minimum absolute atomic E-state index is 0.0118. The molecule has 0 aliphatic heterocycles. The van der Waals surface area contributed by atoms with Gasteiger partial charge >= 0.3 is 0 Å². The fourth-order valence-corrected chi connectivity index (χ4v) is 2.17. The molecule has 2 N–H and O–H groups in total. The number of nitrogens with zero attached hydrogens (tertiary/aromatic N) is 1. The standard InChI is InChI=1S/C17H28N2O2/c1-13(20)10-11-19(5)12-16(21)18-15-9-7-6-8-14(15)17(2,3)4/h6-9,13,20H,10-12H2,1-5H3,(H,18,21). The molecule has 1 amide bonds. The second-order valence-corrected chi connectivity index (χ2v) is 6.72. The quantitative estimate of drug-likeness (QED) is 0.847. The van der Waals surface area contributed by atoms with Crippen LogP contribution in [0.5, 0.6) is 0 Å². The zero-order chi connectivity index (χ0) is 16.0. The summed E-state index contributed by atoms with van der Waals surface area (Å²) in [6, 6.07) is 7.91. The first-order chi connectivity index (χ1) is 9.70. The molecule has 1 rings (SSSR count). The summed E-state index contributed by atoms with van der Waals surface area (Å²) in [7, 11) is 1.89. The molecule has 0 aromatic heterocycles. The Hall–Kier alpha value is -1.39. The number of hydrogen-bond acceptors (Lipinski definition) is 3. The van der Waals surface area contributed by atoms with E-state index < -0.39 is 0 Å². The molecule has 1 aromatic carbocycles. The number of likely N-dealkylation sites (N-methyl/N-ethyl adjacent to an activating group) is 1. The zero-order valence-corrected chi connectivity index (χ0v) is 13.8. The van der Waals surface area contributed by atoms with E-state index >= 15 is 0 Å². The lowest BCUT2D eigenvalue weighted by Gasteiger charge is -2.24. The maximum atomic E-state index is 12.1. The minimum atomic E-state index is -0.336. The Morgan fingerprint density at radius 2 is 1.95 bits per heavy atom. The van der Waals surface area contributed by atoms with Crippen molar-refractivity contribution in [2.75, 3.05) is 25.5 Å². The Balaban J connectivity index is 2.63. The number of aliphatic hydroxyl groups is 1. The van der Waals surface area contributed by atoms with Crippen LogP contribution in [0.4, 0.5) is 5.69 Å². The van der Waals surface area contributed by atoms with Gasteiger partial charge in [0, 0.05) is 12.2 Å². The smallest absolute Gasteiger partial charge is 0.238 e. The number of hydrogen-bond donors (Lipinski definition) is 2. The van der Waals surface area contributed by atoms with E-state index in [0.29, 0.717) is 19.5 Å². The van der Waals surface area contributed by atoms with Gasteiger partial charge in [-0.05, 0) is 37.4 Å². The van der Waals surface area contributed by atoms with Crippen LogP contribution in [0.3, 0.4) is 0 Å². The van der Waals surface area contributed by atoms with Gasteiger partial charge in [0.2, 0.25) is 5.91 Å². The molecule has 21 heavy (non-hydrogen) atoms. The van der Waals surface area contributed by atoms with Gasteiger partial charge in [-0.3, -0.25) is 9.69 Å². The van der Waals surface area contributed by atoms with Crippen LogP contribution in [0.15, 0.2) is 24.3 Å². The number of para-hydroxylation sites is 1. The van der Waals surface area contributed by atoms with E-state index in [2.05, 4.69) is 26.1 Å². The summed E-state index contributed by atoms with van der Waals surface area (Å²) in [6.07, 6.45) is 0.333. The first kappa shape index (κ1) is 17.7. The maximum absolute atomic E-state index is 12.1. The fraction of sp³-hybridized carbons (Fsp3) is 0.588. The molecule has 1 unspecified atom stereocenters. The van der Waals surface area contributed by atoms with Crippen LogP contribution in [0.2, 0.25) is 0 Å². The summed E-state index contributed by atoms with van der Waals surface area (Å²) in [5, 5.41) is 12.3. The van der Waals surface area contributed by atoms with Crippen LogP contribution in [0.25, 0.3) is 0 Å². The summed E-state index contributed by atoms with van der Waals surface area (Å²) in [6.45, 7) is 9.18. The van der Waals surface area contributed by atoms with Crippen LogP contribution in [-0.2, 0) is 10.2 Å². The largest absolute Gasteiger partial charge is 0.393 e. The van der Waals surface area contributed by atoms with E-state index in [4.69, 9.17) is 0 Å². The third-order valence-corrected chi connectivity index (χ3v) is 3.35. The lowest BCUT2D eigenvalue weighted by atomic mass is 9.86. The predicted molar refractivity (Wildman–Crippen MR) is 87.6 cm³/mol. The topological polar surface area (TPSA) is 52.6 Å². The lowest BCUT2D eigenvalue weighted by Crippen LogP contribution is -2.32. The maximum Gasteiger partial charge on any atom is 0.238 e. The van der Waals surface area contributed by atoms with E-state index in [1.165, 1.54) is 0 Å². The van der Waals surface area contributed by atoms with Gasteiger partial charge in [-0.25, -0.2) is 0 Å². The molecule has 0 aliphatic carbocycles. The molecular weight excluding hydrogens is 264 g/mol. The molecule has 1 atom stereocenters. The number of amides is 1. The molecule has 0 bridgehead atoms. The van der Waals surface area contributed by atoms with Gasteiger partial charge in [-0.1, -0.05) is 39.0 Å². The highest BCUT2D eigenvalue weighted by Crippen LogP contribution is 2.29. The SMILES string of the molecule is CC(O)CCN(C)CC(=O)Nc1ccccc1C(C)(C)C. The van der Waals surface area contributed by atoms with Crippen LogP contribution in [-0.4, -0.2) is 42.2 Å². The molecule has 0 saturated heterocycles. The third-order valence-electron chi connectivity index (χ3n) is 3.35. The van der Waals surface area contributed by atoms with Gasteiger partial charge in [0.1, 0.15) is 0 Å². The van der Waals surface area contributed by atoms with Crippen LogP contribution in [0, 0.1) is 0 Å². The second-order valence-electron chi connectivity index (χ2n) is 6.72. The van der Waals surface area contributed by atoms with Crippen molar-refractivity contribution in [2.24, 2.45) is 0 Å². The average molecular weight is 292 g/mol. The van der Waals surface area contributed by atoms with Crippen LogP contribution in [0.1, 0.15) is 39.7 Å². The molecule has 0 fully saturated rings. The Morgan fingerprint density at radius 1 is 1.33 bits per heavy atom. The summed E-state index contributed by atoms with van der Waals surface area (Å²) < 4.78 is 0. The number of aliphatic hydroxyl groups excluding tert-OH is 1. The van der Waals surface area contributed by atoms with Gasteiger partial charge in [0.25, 0.3) is 0 Å². The van der Waals surface area contributed by atoms with Crippen LogP contribution < -0.4 is 5.32 Å². The van der Waals surface area contributed by atoms with Crippen molar-refractivity contribution < 1.29 is 9.90 Å². The Kier molecular flexibility index (Phi) is 6.37. The van der Waals surface area contributed by atoms with Crippen molar-refractivity contribution >= 4 is 11.6 Å². The molecule has 118 valence electrons. The molecule has 0 aliphatic rings. The first-order valence-electron chi connectivity index (χ1n) is 7.46. The number of benzene rings is 1. The summed E-state index contributed by atoms with van der Waals surface area (Å²) in [4.78, 5) is 14.0. The summed E-state index contributed by atoms with van der Waals surface area (Å²) in [5.74, 6) is -0.0280. The second kappa shape index (κ2) is 7.57. The number of nitrogens with one attached hydrogen (secondary N) is 1.